The first-order chi connectivity index (χ1) is 8.02. The number of rotatable bonds is 3. The van der Waals surface area contributed by atoms with E-state index in [0.717, 1.165) is 0 Å². The van der Waals surface area contributed by atoms with Crippen molar-refractivity contribution in [1.29, 1.82) is 0 Å². The lowest BCUT2D eigenvalue weighted by molar-refractivity contribution is -0.125. The van der Waals surface area contributed by atoms with Crippen LogP contribution in [-0.4, -0.2) is 37.3 Å². The number of carbonyl (C=O) groups excluding carboxylic acids is 3. The van der Waals surface area contributed by atoms with Gasteiger partial charge in [-0.05, 0) is 6.08 Å². The molecule has 0 unspecified atom stereocenters. The van der Waals surface area contributed by atoms with Crippen LogP contribution in [0.1, 0.15) is 13.3 Å². The van der Waals surface area contributed by atoms with Crippen molar-refractivity contribution >= 4 is 23.6 Å². The van der Waals surface area contributed by atoms with E-state index in [1.807, 2.05) is 0 Å². The monoisotopic (exact) mass is 239 g/mol. The summed E-state index contributed by atoms with van der Waals surface area (Å²) < 4.78 is 4.61. The molecule has 0 radical (unpaired) electrons. The van der Waals surface area contributed by atoms with Crippen molar-refractivity contribution in [3.05, 3.63) is 11.8 Å². The molecule has 1 rings (SSSR count). The summed E-state index contributed by atoms with van der Waals surface area (Å²) in [5.41, 5.74) is 0.0983. The zero-order chi connectivity index (χ0) is 12.8. The van der Waals surface area contributed by atoms with Gasteiger partial charge in [0, 0.05) is 20.5 Å². The number of amidine groups is 1. The van der Waals surface area contributed by atoms with Gasteiger partial charge in [-0.15, -0.1) is 0 Å². The molecule has 17 heavy (non-hydrogen) atoms. The van der Waals surface area contributed by atoms with Crippen molar-refractivity contribution in [1.82, 2.24) is 10.6 Å². The van der Waals surface area contributed by atoms with E-state index in [1.165, 1.54) is 20.1 Å². The Labute approximate surface area is 97.9 Å². The smallest absolute Gasteiger partial charge is 0.294 e. The molecule has 0 aliphatic carbocycles. The summed E-state index contributed by atoms with van der Waals surface area (Å²) in [7, 11) is 1.38. The number of methoxy groups -OCH3 is 1. The molecular weight excluding hydrogens is 226 g/mol. The molecule has 2 N–H and O–H groups in total. The summed E-state index contributed by atoms with van der Waals surface area (Å²) in [6.07, 6.45) is 1.78. The summed E-state index contributed by atoms with van der Waals surface area (Å²) in [5, 5.41) is 4.79. The molecule has 0 aromatic heterocycles. The van der Waals surface area contributed by atoms with Gasteiger partial charge >= 0.3 is 0 Å². The third-order valence-electron chi connectivity index (χ3n) is 1.84. The summed E-state index contributed by atoms with van der Waals surface area (Å²) in [5.74, 6) is -1.04. The molecule has 7 heteroatoms. The fraction of sp³-hybridized carbons (Fsp3) is 0.400. The molecule has 1 heterocycles. The van der Waals surface area contributed by atoms with Crippen LogP contribution in [0.3, 0.4) is 0 Å². The first kappa shape index (κ1) is 13.0. The Morgan fingerprint density at radius 3 is 2.71 bits per heavy atom. The lowest BCUT2D eigenvalue weighted by atomic mass is 10.2. The van der Waals surface area contributed by atoms with Crippen LogP contribution < -0.4 is 10.6 Å². The fourth-order valence-corrected chi connectivity index (χ4v) is 1.22. The number of amides is 3. The summed E-state index contributed by atoms with van der Waals surface area (Å²) in [6, 6.07) is 0. The second-order valence-corrected chi connectivity index (χ2v) is 3.35. The number of nitrogens with zero attached hydrogens (tertiary/aromatic N) is 1. The number of aliphatic imine (C=N–C) groups is 1. The first-order valence-corrected chi connectivity index (χ1v) is 4.91. The van der Waals surface area contributed by atoms with Crippen molar-refractivity contribution in [3.8, 4) is 0 Å². The van der Waals surface area contributed by atoms with Crippen molar-refractivity contribution in [2.75, 3.05) is 13.7 Å². The van der Waals surface area contributed by atoms with Gasteiger partial charge in [0.25, 0.3) is 5.91 Å². The highest BCUT2D eigenvalue weighted by Gasteiger charge is 2.17. The predicted molar refractivity (Wildman–Crippen MR) is 59.0 cm³/mol. The summed E-state index contributed by atoms with van der Waals surface area (Å²) in [4.78, 5) is 37.0. The average Bonchev–Trinajstić information content (AvgIpc) is 2.21. The molecule has 0 aromatic rings. The Kier molecular flexibility index (Phi) is 4.53. The van der Waals surface area contributed by atoms with E-state index in [4.69, 9.17) is 0 Å². The molecule has 0 atom stereocenters. The van der Waals surface area contributed by atoms with Gasteiger partial charge in [-0.2, -0.15) is 4.99 Å². The van der Waals surface area contributed by atoms with Crippen LogP contribution in [0.25, 0.3) is 0 Å². The van der Waals surface area contributed by atoms with E-state index in [1.54, 1.807) is 0 Å². The molecule has 1 aliphatic heterocycles. The number of nitrogens with one attached hydrogen (secondary N) is 2. The van der Waals surface area contributed by atoms with Crippen LogP contribution in [0.15, 0.2) is 16.8 Å². The van der Waals surface area contributed by atoms with Crippen molar-refractivity contribution < 1.29 is 19.1 Å². The summed E-state index contributed by atoms with van der Waals surface area (Å²) >= 11 is 0. The highest BCUT2D eigenvalue weighted by Crippen LogP contribution is 2.04. The highest BCUT2D eigenvalue weighted by atomic mass is 16.5. The number of carbonyl (C=O) groups is 3. The van der Waals surface area contributed by atoms with Crippen molar-refractivity contribution in [2.45, 2.75) is 13.3 Å². The van der Waals surface area contributed by atoms with Crippen LogP contribution in [0, 0.1) is 0 Å². The van der Waals surface area contributed by atoms with Gasteiger partial charge in [0.15, 0.2) is 0 Å². The molecule has 0 aromatic carbocycles. The Hall–Kier alpha value is -2.02. The second-order valence-electron chi connectivity index (χ2n) is 3.35. The fourth-order valence-electron chi connectivity index (χ4n) is 1.22. The van der Waals surface area contributed by atoms with Crippen LogP contribution in [0.4, 0.5) is 0 Å². The van der Waals surface area contributed by atoms with Gasteiger partial charge in [-0.1, -0.05) is 0 Å². The number of ether oxygens (including phenoxy) is 1. The van der Waals surface area contributed by atoms with Crippen LogP contribution >= 0.6 is 0 Å². The molecule has 92 valence electrons. The van der Waals surface area contributed by atoms with E-state index in [9.17, 15) is 14.4 Å². The molecule has 0 saturated heterocycles. The third-order valence-corrected chi connectivity index (χ3v) is 1.84. The Balaban J connectivity index is 2.58. The lowest BCUT2D eigenvalue weighted by Gasteiger charge is -2.12. The maximum atomic E-state index is 11.5. The highest BCUT2D eigenvalue weighted by molar-refractivity contribution is 6.10. The van der Waals surface area contributed by atoms with E-state index >= 15 is 0 Å². The third kappa shape index (κ3) is 4.15. The van der Waals surface area contributed by atoms with Gasteiger partial charge in [0.1, 0.15) is 18.1 Å². The second kappa shape index (κ2) is 5.90. The minimum absolute atomic E-state index is 0.0983. The SMILES string of the molecule is COCC(=O)NC1=CCC(NC(C)=O)=NC1=O. The number of dihydropyridines is 1. The maximum Gasteiger partial charge on any atom is 0.294 e. The minimum Gasteiger partial charge on any atom is -0.375 e. The topological polar surface area (TPSA) is 96.9 Å². The van der Waals surface area contributed by atoms with Crippen LogP contribution in [-0.2, 0) is 19.1 Å². The van der Waals surface area contributed by atoms with Crippen LogP contribution in [0.5, 0.6) is 0 Å². The lowest BCUT2D eigenvalue weighted by Crippen LogP contribution is -2.35. The summed E-state index contributed by atoms with van der Waals surface area (Å²) in [6.45, 7) is 1.19. The molecule has 0 spiro atoms. The van der Waals surface area contributed by atoms with E-state index in [-0.39, 0.29) is 30.5 Å². The molecule has 3 amide bonds. The quantitative estimate of drug-likeness (QED) is 0.666. The molecular formula is C10H13N3O4. The molecule has 1 aliphatic rings. The largest absolute Gasteiger partial charge is 0.375 e. The number of hydrogen-bond donors (Lipinski definition) is 2. The zero-order valence-corrected chi connectivity index (χ0v) is 9.57. The van der Waals surface area contributed by atoms with Crippen molar-refractivity contribution in [2.24, 2.45) is 4.99 Å². The van der Waals surface area contributed by atoms with Crippen LogP contribution in [0.2, 0.25) is 0 Å². The van der Waals surface area contributed by atoms with Gasteiger partial charge in [-0.25, -0.2) is 0 Å². The van der Waals surface area contributed by atoms with Crippen molar-refractivity contribution in [3.63, 3.8) is 0 Å². The number of hydrogen-bond acceptors (Lipinski definition) is 4. The molecule has 7 nitrogen and oxygen atoms in total. The normalized spacial score (nSPS) is 14.8. The zero-order valence-electron chi connectivity index (χ0n) is 9.57. The Morgan fingerprint density at radius 2 is 2.18 bits per heavy atom. The average molecular weight is 239 g/mol. The van der Waals surface area contributed by atoms with Gasteiger partial charge in [0.05, 0.1) is 0 Å². The molecule has 0 fully saturated rings. The Bertz CT molecular complexity index is 412. The van der Waals surface area contributed by atoms with Gasteiger partial charge < -0.3 is 15.4 Å². The van der Waals surface area contributed by atoms with E-state index in [0.29, 0.717) is 0 Å². The van der Waals surface area contributed by atoms with Gasteiger partial charge in [0.2, 0.25) is 11.8 Å². The molecule has 0 bridgehead atoms. The maximum absolute atomic E-state index is 11.5. The van der Waals surface area contributed by atoms with E-state index in [2.05, 4.69) is 20.4 Å². The minimum atomic E-state index is -0.593. The Morgan fingerprint density at radius 1 is 1.47 bits per heavy atom. The standard InChI is InChI=1S/C10H13N3O4/c1-6(14)11-8-4-3-7(10(16)13-8)12-9(15)5-17-2/h3H,4-5H2,1-2H3,(H,12,15)(H,11,13,14,16). The molecule has 0 saturated carbocycles. The van der Waals surface area contributed by atoms with Gasteiger partial charge in [-0.3, -0.25) is 14.4 Å². The predicted octanol–water partition coefficient (Wildman–Crippen LogP) is -0.902. The van der Waals surface area contributed by atoms with E-state index < -0.39 is 11.8 Å². The first-order valence-electron chi connectivity index (χ1n) is 4.91.